The Balaban J connectivity index is 1.54. The van der Waals surface area contributed by atoms with Gasteiger partial charge < -0.3 is 10.0 Å². The predicted molar refractivity (Wildman–Crippen MR) is 103 cm³/mol. The van der Waals surface area contributed by atoms with Crippen LogP contribution in [0.5, 0.6) is 0 Å². The number of aliphatic hydroxyl groups is 1. The van der Waals surface area contributed by atoms with Gasteiger partial charge in [0.15, 0.2) is 11.6 Å². The molecule has 1 heterocycles. The van der Waals surface area contributed by atoms with Gasteiger partial charge >= 0.3 is 0 Å². The van der Waals surface area contributed by atoms with E-state index in [0.717, 1.165) is 31.6 Å². The van der Waals surface area contributed by atoms with Gasteiger partial charge in [-0.05, 0) is 48.6 Å². The maximum Gasteiger partial charge on any atom is 0.163 e. The SMILES string of the molecule is O=C(CO)CCC(=O)c1ccc(N2CCC(c3ccccc3)CC2)cc1. The van der Waals surface area contributed by atoms with Crippen molar-refractivity contribution in [2.24, 2.45) is 0 Å². The molecule has 3 rings (SSSR count). The second-order valence-electron chi connectivity index (χ2n) is 6.84. The molecule has 0 saturated carbocycles. The molecule has 2 aromatic carbocycles. The monoisotopic (exact) mass is 351 g/mol. The van der Waals surface area contributed by atoms with Crippen LogP contribution >= 0.6 is 0 Å². The largest absolute Gasteiger partial charge is 0.389 e. The normalized spacial score (nSPS) is 15.0. The van der Waals surface area contributed by atoms with E-state index in [4.69, 9.17) is 5.11 Å². The van der Waals surface area contributed by atoms with E-state index in [0.29, 0.717) is 11.5 Å². The smallest absolute Gasteiger partial charge is 0.163 e. The van der Waals surface area contributed by atoms with Gasteiger partial charge in [-0.1, -0.05) is 30.3 Å². The highest BCUT2D eigenvalue weighted by atomic mass is 16.3. The van der Waals surface area contributed by atoms with Crippen LogP contribution in [0.25, 0.3) is 0 Å². The summed E-state index contributed by atoms with van der Waals surface area (Å²) in [6.45, 7) is 1.53. The van der Waals surface area contributed by atoms with Crippen molar-refractivity contribution in [3.63, 3.8) is 0 Å². The fourth-order valence-electron chi connectivity index (χ4n) is 3.53. The molecular formula is C22H25NO3. The quantitative estimate of drug-likeness (QED) is 0.775. The van der Waals surface area contributed by atoms with Crippen LogP contribution in [-0.2, 0) is 4.79 Å². The average Bonchev–Trinajstić information content (AvgIpc) is 2.72. The summed E-state index contributed by atoms with van der Waals surface area (Å²) in [7, 11) is 0. The molecule has 1 saturated heterocycles. The standard InChI is InChI=1S/C22H25NO3/c24-16-21(25)10-11-22(26)19-6-8-20(9-7-19)23-14-12-18(13-15-23)17-4-2-1-3-5-17/h1-9,18,24H,10-16H2. The van der Waals surface area contributed by atoms with Crippen LogP contribution in [-0.4, -0.2) is 36.4 Å². The number of rotatable bonds is 7. The van der Waals surface area contributed by atoms with Crippen LogP contribution < -0.4 is 4.90 Å². The second kappa shape index (κ2) is 8.77. The van der Waals surface area contributed by atoms with Gasteiger partial charge in [0.1, 0.15) is 6.61 Å². The van der Waals surface area contributed by atoms with Crippen LogP contribution in [0.4, 0.5) is 5.69 Å². The van der Waals surface area contributed by atoms with Crippen molar-refractivity contribution in [1.29, 1.82) is 0 Å². The van der Waals surface area contributed by atoms with Gasteiger partial charge in [0.2, 0.25) is 0 Å². The Morgan fingerprint density at radius 3 is 2.19 bits per heavy atom. The first-order valence-electron chi connectivity index (χ1n) is 9.23. The number of ketones is 2. The second-order valence-corrected chi connectivity index (χ2v) is 6.84. The van der Waals surface area contributed by atoms with Crippen LogP contribution in [0, 0.1) is 0 Å². The van der Waals surface area contributed by atoms with Crippen LogP contribution in [0.2, 0.25) is 0 Å². The van der Waals surface area contributed by atoms with Crippen molar-refractivity contribution < 1.29 is 14.7 Å². The van der Waals surface area contributed by atoms with Gasteiger partial charge in [-0.2, -0.15) is 0 Å². The summed E-state index contributed by atoms with van der Waals surface area (Å²) >= 11 is 0. The molecule has 0 aliphatic carbocycles. The van der Waals surface area contributed by atoms with Gasteiger partial charge in [0.25, 0.3) is 0 Å². The third-order valence-electron chi connectivity index (χ3n) is 5.13. The lowest BCUT2D eigenvalue weighted by atomic mass is 9.89. The first kappa shape index (κ1) is 18.3. The van der Waals surface area contributed by atoms with E-state index >= 15 is 0 Å². The Hall–Kier alpha value is -2.46. The molecule has 0 spiro atoms. The summed E-state index contributed by atoms with van der Waals surface area (Å²) in [5.74, 6) is 0.273. The highest BCUT2D eigenvalue weighted by Crippen LogP contribution is 2.30. The van der Waals surface area contributed by atoms with Crippen LogP contribution in [0.3, 0.4) is 0 Å². The number of Topliss-reactive ketones (excluding diaryl/α,β-unsaturated/α-hetero) is 2. The van der Waals surface area contributed by atoms with Crippen LogP contribution in [0.15, 0.2) is 54.6 Å². The van der Waals surface area contributed by atoms with Gasteiger partial charge in [-0.15, -0.1) is 0 Å². The highest BCUT2D eigenvalue weighted by molar-refractivity contribution is 5.98. The van der Waals surface area contributed by atoms with Gasteiger partial charge in [0.05, 0.1) is 0 Å². The molecule has 0 unspecified atom stereocenters. The zero-order valence-corrected chi connectivity index (χ0v) is 14.9. The molecule has 136 valence electrons. The number of carbonyl (C=O) groups excluding carboxylic acids is 2. The maximum absolute atomic E-state index is 12.1. The molecule has 1 aliphatic rings. The number of piperidine rings is 1. The van der Waals surface area contributed by atoms with E-state index in [9.17, 15) is 9.59 Å². The minimum absolute atomic E-state index is 0.0545. The van der Waals surface area contributed by atoms with Gasteiger partial charge in [0, 0.05) is 37.2 Å². The third-order valence-corrected chi connectivity index (χ3v) is 5.13. The summed E-state index contributed by atoms with van der Waals surface area (Å²) in [5, 5.41) is 8.72. The number of anilines is 1. The summed E-state index contributed by atoms with van der Waals surface area (Å²) in [6, 6.07) is 18.3. The molecular weight excluding hydrogens is 326 g/mol. The number of nitrogens with zero attached hydrogens (tertiary/aromatic N) is 1. The number of carbonyl (C=O) groups is 2. The summed E-state index contributed by atoms with van der Waals surface area (Å²) in [4.78, 5) is 25.6. The van der Waals surface area contributed by atoms with E-state index in [1.165, 1.54) is 5.56 Å². The van der Waals surface area contributed by atoms with E-state index in [1.54, 1.807) is 0 Å². The van der Waals surface area contributed by atoms with Crippen molar-refractivity contribution in [2.45, 2.75) is 31.6 Å². The number of hydrogen-bond donors (Lipinski definition) is 1. The van der Waals surface area contributed by atoms with Crippen molar-refractivity contribution >= 4 is 17.3 Å². The zero-order chi connectivity index (χ0) is 18.4. The molecule has 1 fully saturated rings. The van der Waals surface area contributed by atoms with Crippen molar-refractivity contribution in [3.05, 3.63) is 65.7 Å². The Morgan fingerprint density at radius 1 is 0.923 bits per heavy atom. The highest BCUT2D eigenvalue weighted by Gasteiger charge is 2.20. The van der Waals surface area contributed by atoms with Gasteiger partial charge in [-0.25, -0.2) is 0 Å². The molecule has 0 bridgehead atoms. The van der Waals surface area contributed by atoms with Crippen molar-refractivity contribution in [3.8, 4) is 0 Å². The maximum atomic E-state index is 12.1. The Kier molecular flexibility index (Phi) is 6.18. The molecule has 26 heavy (non-hydrogen) atoms. The Bertz CT molecular complexity index is 732. The molecule has 4 heteroatoms. The molecule has 1 aliphatic heterocycles. The summed E-state index contributed by atoms with van der Waals surface area (Å²) in [5.41, 5.74) is 3.18. The first-order chi connectivity index (χ1) is 12.7. The molecule has 0 amide bonds. The molecule has 4 nitrogen and oxygen atoms in total. The lowest BCUT2D eigenvalue weighted by Crippen LogP contribution is -2.32. The average molecular weight is 351 g/mol. The van der Waals surface area contributed by atoms with E-state index in [2.05, 4.69) is 35.2 Å². The Labute approximate surface area is 154 Å². The molecule has 0 aromatic heterocycles. The van der Waals surface area contributed by atoms with E-state index in [1.807, 2.05) is 24.3 Å². The lowest BCUT2D eigenvalue weighted by molar-refractivity contribution is -0.121. The number of aliphatic hydroxyl groups excluding tert-OH is 1. The fraction of sp³-hybridized carbons (Fsp3) is 0.364. The molecule has 2 aromatic rings. The lowest BCUT2D eigenvalue weighted by Gasteiger charge is -2.34. The van der Waals surface area contributed by atoms with Crippen molar-refractivity contribution in [1.82, 2.24) is 0 Å². The summed E-state index contributed by atoms with van der Waals surface area (Å²) in [6.07, 6.45) is 2.52. The molecule has 0 atom stereocenters. The van der Waals surface area contributed by atoms with Crippen molar-refractivity contribution in [2.75, 3.05) is 24.6 Å². The molecule has 0 radical (unpaired) electrons. The van der Waals surface area contributed by atoms with E-state index < -0.39 is 6.61 Å². The predicted octanol–water partition coefficient (Wildman–Crippen LogP) is 3.59. The van der Waals surface area contributed by atoms with Gasteiger partial charge in [-0.3, -0.25) is 9.59 Å². The first-order valence-corrected chi connectivity index (χ1v) is 9.23. The number of hydrogen-bond acceptors (Lipinski definition) is 4. The third kappa shape index (κ3) is 4.58. The zero-order valence-electron chi connectivity index (χ0n) is 14.9. The summed E-state index contributed by atoms with van der Waals surface area (Å²) < 4.78 is 0. The van der Waals surface area contributed by atoms with Crippen LogP contribution in [0.1, 0.15) is 47.5 Å². The Morgan fingerprint density at radius 2 is 1.58 bits per heavy atom. The number of benzene rings is 2. The minimum atomic E-state index is -0.495. The molecule has 1 N–H and O–H groups in total. The topological polar surface area (TPSA) is 57.6 Å². The minimum Gasteiger partial charge on any atom is -0.389 e. The fourth-order valence-corrected chi connectivity index (χ4v) is 3.53. The van der Waals surface area contributed by atoms with E-state index in [-0.39, 0.29) is 24.4 Å².